The smallest absolute Gasteiger partial charge is 0.231 e. The van der Waals surface area contributed by atoms with Crippen LogP contribution in [0.15, 0.2) is 18.2 Å². The predicted molar refractivity (Wildman–Crippen MR) is 63.8 cm³/mol. The van der Waals surface area contributed by atoms with Gasteiger partial charge in [-0.2, -0.15) is 0 Å². The third-order valence-electron chi connectivity index (χ3n) is 2.93. The fourth-order valence-electron chi connectivity index (χ4n) is 1.81. The maximum atomic E-state index is 11.9. The van der Waals surface area contributed by atoms with Crippen molar-refractivity contribution in [3.05, 3.63) is 23.8 Å². The van der Waals surface area contributed by atoms with Crippen molar-refractivity contribution in [3.8, 4) is 5.75 Å². The number of amides is 1. The third kappa shape index (κ3) is 2.57. The van der Waals surface area contributed by atoms with Crippen LogP contribution in [0.4, 0.5) is 5.69 Å². The summed E-state index contributed by atoms with van der Waals surface area (Å²) in [7, 11) is 0. The number of aryl methyl sites for hydroxylation is 1. The van der Waals surface area contributed by atoms with E-state index in [0.29, 0.717) is 18.9 Å². The molecule has 1 aromatic rings. The summed E-state index contributed by atoms with van der Waals surface area (Å²) in [5.74, 6) is -0.229. The molecule has 1 amide bonds. The zero-order valence-corrected chi connectivity index (χ0v) is 9.64. The van der Waals surface area contributed by atoms with Crippen LogP contribution >= 0.6 is 0 Å². The van der Waals surface area contributed by atoms with Gasteiger partial charge in [-0.05, 0) is 30.7 Å². The number of hydrogen-bond acceptors (Lipinski definition) is 4. The lowest BCUT2D eigenvalue weighted by atomic mass is 10.0. The largest absolute Gasteiger partial charge is 0.508 e. The van der Waals surface area contributed by atoms with E-state index in [4.69, 9.17) is 10.5 Å². The normalized spacial score (nSPS) is 23.6. The number of nitrogens with two attached hydrogens (primary N) is 1. The zero-order valence-electron chi connectivity index (χ0n) is 9.64. The Labute approximate surface area is 99.6 Å². The van der Waals surface area contributed by atoms with E-state index in [9.17, 15) is 9.90 Å². The second-order valence-corrected chi connectivity index (χ2v) is 4.30. The van der Waals surface area contributed by atoms with Crippen molar-refractivity contribution < 1.29 is 14.6 Å². The Morgan fingerprint density at radius 1 is 1.53 bits per heavy atom. The minimum atomic E-state index is -0.302. The standard InChI is InChI=1S/C12H16N2O3/c1-7-4-8(2-3-11(7)15)14-12(16)9-5-17-6-10(9)13/h2-4,9-10,15H,5-6,13H2,1H3,(H,14,16). The first kappa shape index (κ1) is 11.9. The summed E-state index contributed by atoms with van der Waals surface area (Å²) >= 11 is 0. The molecule has 0 saturated carbocycles. The lowest BCUT2D eigenvalue weighted by Crippen LogP contribution is -2.37. The fraction of sp³-hybridized carbons (Fsp3) is 0.417. The molecule has 1 saturated heterocycles. The first-order valence-electron chi connectivity index (χ1n) is 5.51. The van der Waals surface area contributed by atoms with Gasteiger partial charge in [-0.3, -0.25) is 4.79 Å². The molecule has 0 aromatic heterocycles. The van der Waals surface area contributed by atoms with Gasteiger partial charge in [0.05, 0.1) is 19.1 Å². The number of anilines is 1. The molecule has 0 spiro atoms. The molecule has 5 heteroatoms. The molecule has 92 valence electrons. The van der Waals surface area contributed by atoms with Gasteiger partial charge in [-0.15, -0.1) is 0 Å². The van der Waals surface area contributed by atoms with Crippen LogP contribution in [0, 0.1) is 12.8 Å². The van der Waals surface area contributed by atoms with Crippen molar-refractivity contribution in [3.63, 3.8) is 0 Å². The lowest BCUT2D eigenvalue weighted by molar-refractivity contribution is -0.120. The number of rotatable bonds is 2. The average molecular weight is 236 g/mol. The van der Waals surface area contributed by atoms with Crippen LogP contribution in [0.25, 0.3) is 0 Å². The highest BCUT2D eigenvalue weighted by atomic mass is 16.5. The van der Waals surface area contributed by atoms with Crippen LogP contribution in [-0.2, 0) is 9.53 Å². The first-order valence-corrected chi connectivity index (χ1v) is 5.51. The predicted octanol–water partition coefficient (Wildman–Crippen LogP) is 0.613. The number of nitrogens with one attached hydrogen (secondary N) is 1. The summed E-state index contributed by atoms with van der Waals surface area (Å²) in [5, 5.41) is 12.2. The van der Waals surface area contributed by atoms with Gasteiger partial charge < -0.3 is 20.9 Å². The highest BCUT2D eigenvalue weighted by Crippen LogP contribution is 2.21. The van der Waals surface area contributed by atoms with Gasteiger partial charge in [0, 0.05) is 11.7 Å². The van der Waals surface area contributed by atoms with Crippen LogP contribution in [0.3, 0.4) is 0 Å². The van der Waals surface area contributed by atoms with Crippen LogP contribution in [0.2, 0.25) is 0 Å². The average Bonchev–Trinajstić information content (AvgIpc) is 2.70. The van der Waals surface area contributed by atoms with E-state index in [0.717, 1.165) is 5.56 Å². The maximum absolute atomic E-state index is 11.9. The van der Waals surface area contributed by atoms with E-state index in [2.05, 4.69) is 5.32 Å². The van der Waals surface area contributed by atoms with E-state index in [1.54, 1.807) is 25.1 Å². The SMILES string of the molecule is Cc1cc(NC(=O)C2COCC2N)ccc1O. The molecule has 1 aromatic carbocycles. The molecule has 1 fully saturated rings. The van der Waals surface area contributed by atoms with Crippen molar-refractivity contribution in [2.45, 2.75) is 13.0 Å². The van der Waals surface area contributed by atoms with Gasteiger partial charge in [0.2, 0.25) is 5.91 Å². The van der Waals surface area contributed by atoms with Crippen LogP contribution < -0.4 is 11.1 Å². The highest BCUT2D eigenvalue weighted by Gasteiger charge is 2.31. The molecule has 2 rings (SSSR count). The first-order chi connectivity index (χ1) is 8.08. The Morgan fingerprint density at radius 2 is 2.29 bits per heavy atom. The van der Waals surface area contributed by atoms with E-state index < -0.39 is 0 Å². The molecule has 1 aliphatic heterocycles. The van der Waals surface area contributed by atoms with Gasteiger partial charge in [0.25, 0.3) is 0 Å². The van der Waals surface area contributed by atoms with Crippen molar-refractivity contribution in [1.82, 2.24) is 0 Å². The fourth-order valence-corrected chi connectivity index (χ4v) is 1.81. The molecule has 2 atom stereocenters. The Kier molecular flexibility index (Phi) is 3.31. The van der Waals surface area contributed by atoms with E-state index in [1.165, 1.54) is 0 Å². The third-order valence-corrected chi connectivity index (χ3v) is 2.93. The monoisotopic (exact) mass is 236 g/mol. The molecule has 5 nitrogen and oxygen atoms in total. The molecular formula is C12H16N2O3. The quantitative estimate of drug-likeness (QED) is 0.657. The molecule has 4 N–H and O–H groups in total. The number of phenolic OH excluding ortho intramolecular Hbond substituents is 1. The summed E-state index contributed by atoms with van der Waals surface area (Å²) in [4.78, 5) is 11.9. The van der Waals surface area contributed by atoms with Gasteiger partial charge >= 0.3 is 0 Å². The van der Waals surface area contributed by atoms with Crippen molar-refractivity contribution in [2.24, 2.45) is 11.7 Å². The van der Waals surface area contributed by atoms with E-state index in [1.807, 2.05) is 0 Å². The molecule has 0 aliphatic carbocycles. The second-order valence-electron chi connectivity index (χ2n) is 4.30. The summed E-state index contributed by atoms with van der Waals surface area (Å²) in [6, 6.07) is 4.68. The Bertz CT molecular complexity index is 434. The van der Waals surface area contributed by atoms with Crippen LogP contribution in [0.1, 0.15) is 5.56 Å². The van der Waals surface area contributed by atoms with Crippen molar-refractivity contribution in [1.29, 1.82) is 0 Å². The number of phenols is 1. The maximum Gasteiger partial charge on any atom is 0.231 e. The number of ether oxygens (including phenoxy) is 1. The van der Waals surface area contributed by atoms with Gasteiger partial charge in [-0.25, -0.2) is 0 Å². The van der Waals surface area contributed by atoms with Gasteiger partial charge in [-0.1, -0.05) is 0 Å². The van der Waals surface area contributed by atoms with E-state index >= 15 is 0 Å². The summed E-state index contributed by atoms with van der Waals surface area (Å²) in [6.45, 7) is 2.56. The summed E-state index contributed by atoms with van der Waals surface area (Å²) in [5.41, 5.74) is 7.14. The Balaban J connectivity index is 2.05. The number of carbonyl (C=O) groups excluding carboxylic acids is 1. The Hall–Kier alpha value is -1.59. The highest BCUT2D eigenvalue weighted by molar-refractivity contribution is 5.93. The van der Waals surface area contributed by atoms with Crippen molar-refractivity contribution in [2.75, 3.05) is 18.5 Å². The molecule has 1 aliphatic rings. The number of hydrogen-bond donors (Lipinski definition) is 3. The topological polar surface area (TPSA) is 84.6 Å². The van der Waals surface area contributed by atoms with Crippen LogP contribution in [-0.4, -0.2) is 30.3 Å². The second kappa shape index (κ2) is 4.73. The van der Waals surface area contributed by atoms with Crippen LogP contribution in [0.5, 0.6) is 5.75 Å². The minimum Gasteiger partial charge on any atom is -0.508 e. The number of carbonyl (C=O) groups is 1. The van der Waals surface area contributed by atoms with Crippen molar-refractivity contribution >= 4 is 11.6 Å². The molecule has 0 radical (unpaired) electrons. The van der Waals surface area contributed by atoms with Gasteiger partial charge in [0.1, 0.15) is 5.75 Å². The minimum absolute atomic E-state index is 0.139. The molecule has 0 bridgehead atoms. The molecule has 17 heavy (non-hydrogen) atoms. The molecule has 1 heterocycles. The zero-order chi connectivity index (χ0) is 12.4. The number of benzene rings is 1. The summed E-state index contributed by atoms with van der Waals surface area (Å²) in [6.07, 6.45) is 0. The lowest BCUT2D eigenvalue weighted by Gasteiger charge is -2.13. The molecule has 2 unspecified atom stereocenters. The Morgan fingerprint density at radius 3 is 2.88 bits per heavy atom. The summed E-state index contributed by atoms with van der Waals surface area (Å²) < 4.78 is 5.15. The number of aromatic hydroxyl groups is 1. The van der Waals surface area contributed by atoms with E-state index in [-0.39, 0.29) is 23.6 Å². The molecular weight excluding hydrogens is 220 g/mol. The van der Waals surface area contributed by atoms with Gasteiger partial charge in [0.15, 0.2) is 0 Å².